The number of halogens is 1. The van der Waals surface area contributed by atoms with Crippen molar-refractivity contribution in [3.63, 3.8) is 0 Å². The number of amides is 1. The van der Waals surface area contributed by atoms with Gasteiger partial charge in [0.2, 0.25) is 5.91 Å². The van der Waals surface area contributed by atoms with E-state index in [-0.39, 0.29) is 41.8 Å². The molecule has 0 bridgehead atoms. The number of ether oxygens (including phenoxy) is 1. The third kappa shape index (κ3) is 7.35. The zero-order valence-electron chi connectivity index (χ0n) is 19.3. The molecule has 32 heavy (non-hydrogen) atoms. The van der Waals surface area contributed by atoms with E-state index in [1.165, 1.54) is 5.56 Å². The lowest BCUT2D eigenvalue weighted by Crippen LogP contribution is -2.45. The van der Waals surface area contributed by atoms with Gasteiger partial charge in [0, 0.05) is 37.8 Å². The second kappa shape index (κ2) is 13.6. The van der Waals surface area contributed by atoms with Gasteiger partial charge in [0.25, 0.3) is 0 Å². The molecule has 0 aromatic heterocycles. The SMILES string of the molecule is CCNC(=NCCCC(=O)N1CCc2ccccc21)NC1CCC(C(=O)OCC)CC1.I. The summed E-state index contributed by atoms with van der Waals surface area (Å²) in [6.45, 7) is 6.51. The van der Waals surface area contributed by atoms with Gasteiger partial charge >= 0.3 is 5.97 Å². The molecule has 1 aliphatic heterocycles. The van der Waals surface area contributed by atoms with Gasteiger partial charge in [0.1, 0.15) is 0 Å². The van der Waals surface area contributed by atoms with Crippen LogP contribution in [0, 0.1) is 5.92 Å². The molecule has 2 N–H and O–H groups in total. The van der Waals surface area contributed by atoms with Gasteiger partial charge in [-0.25, -0.2) is 0 Å². The Kier molecular flexibility index (Phi) is 11.3. The minimum Gasteiger partial charge on any atom is -0.466 e. The van der Waals surface area contributed by atoms with Crippen LogP contribution in [0.25, 0.3) is 0 Å². The molecule has 0 atom stereocenters. The highest BCUT2D eigenvalue weighted by Crippen LogP contribution is 2.28. The van der Waals surface area contributed by atoms with E-state index in [9.17, 15) is 9.59 Å². The van der Waals surface area contributed by atoms with E-state index < -0.39 is 0 Å². The number of esters is 1. The van der Waals surface area contributed by atoms with Gasteiger partial charge in [-0.05, 0) is 64.0 Å². The van der Waals surface area contributed by atoms with Crippen molar-refractivity contribution < 1.29 is 14.3 Å². The quantitative estimate of drug-likeness (QED) is 0.168. The molecule has 1 aromatic carbocycles. The summed E-state index contributed by atoms with van der Waals surface area (Å²) < 4.78 is 5.15. The van der Waals surface area contributed by atoms with Gasteiger partial charge in [-0.3, -0.25) is 14.6 Å². The number of para-hydroxylation sites is 1. The standard InChI is InChI=1S/C24H36N4O3.HI/c1-3-25-24(27-20-13-11-19(12-14-20)23(30)31-4-2)26-16-7-10-22(29)28-17-15-18-8-5-6-9-21(18)28;/h5-6,8-9,19-20H,3-4,7,10-17H2,1-2H3,(H2,25,26,27);1H. The molecular weight excluding hydrogens is 519 g/mol. The third-order valence-electron chi connectivity index (χ3n) is 6.04. The summed E-state index contributed by atoms with van der Waals surface area (Å²) in [7, 11) is 0. The van der Waals surface area contributed by atoms with Crippen LogP contribution < -0.4 is 15.5 Å². The average molecular weight is 556 g/mol. The fourth-order valence-electron chi connectivity index (χ4n) is 4.40. The molecule has 1 fully saturated rings. The second-order valence-electron chi connectivity index (χ2n) is 8.23. The smallest absolute Gasteiger partial charge is 0.308 e. The number of benzene rings is 1. The molecule has 0 spiro atoms. The maximum Gasteiger partial charge on any atom is 0.308 e. The number of fused-ring (bicyclic) bond motifs is 1. The van der Waals surface area contributed by atoms with Crippen LogP contribution in [-0.4, -0.2) is 50.1 Å². The highest BCUT2D eigenvalue weighted by atomic mass is 127. The number of aliphatic imine (C=N–C) groups is 1. The molecule has 1 amide bonds. The first-order chi connectivity index (χ1) is 15.1. The summed E-state index contributed by atoms with van der Waals surface area (Å²) in [6, 6.07) is 8.46. The summed E-state index contributed by atoms with van der Waals surface area (Å²) in [5.41, 5.74) is 2.31. The predicted molar refractivity (Wildman–Crippen MR) is 139 cm³/mol. The van der Waals surface area contributed by atoms with E-state index in [1.807, 2.05) is 36.9 Å². The molecular formula is C24H37IN4O3. The molecule has 0 radical (unpaired) electrons. The van der Waals surface area contributed by atoms with Gasteiger partial charge in [0.05, 0.1) is 12.5 Å². The highest BCUT2D eigenvalue weighted by molar-refractivity contribution is 14.0. The van der Waals surface area contributed by atoms with Gasteiger partial charge in [-0.1, -0.05) is 18.2 Å². The topological polar surface area (TPSA) is 83.0 Å². The minimum absolute atomic E-state index is 0. The van der Waals surface area contributed by atoms with Crippen LogP contribution in [0.2, 0.25) is 0 Å². The van der Waals surface area contributed by atoms with Gasteiger partial charge in [-0.15, -0.1) is 24.0 Å². The van der Waals surface area contributed by atoms with Crippen molar-refractivity contribution in [2.24, 2.45) is 10.9 Å². The second-order valence-corrected chi connectivity index (χ2v) is 8.23. The van der Waals surface area contributed by atoms with E-state index in [2.05, 4.69) is 21.7 Å². The van der Waals surface area contributed by atoms with E-state index in [4.69, 9.17) is 4.74 Å². The predicted octanol–water partition coefficient (Wildman–Crippen LogP) is 3.65. The molecule has 1 aliphatic carbocycles. The largest absolute Gasteiger partial charge is 0.466 e. The number of anilines is 1. The Morgan fingerprint density at radius 3 is 2.62 bits per heavy atom. The monoisotopic (exact) mass is 556 g/mol. The Labute approximate surface area is 208 Å². The Bertz CT molecular complexity index is 778. The average Bonchev–Trinajstić information content (AvgIpc) is 3.21. The number of carbonyl (C=O) groups excluding carboxylic acids is 2. The maximum atomic E-state index is 12.6. The number of rotatable bonds is 8. The zero-order valence-corrected chi connectivity index (χ0v) is 21.6. The first-order valence-electron chi connectivity index (χ1n) is 11.7. The Morgan fingerprint density at radius 2 is 1.91 bits per heavy atom. The Balaban J connectivity index is 0.00000363. The molecule has 1 saturated carbocycles. The summed E-state index contributed by atoms with van der Waals surface area (Å²) in [4.78, 5) is 31.1. The number of nitrogens with zero attached hydrogens (tertiary/aromatic N) is 2. The van der Waals surface area contributed by atoms with E-state index in [0.717, 1.165) is 63.3 Å². The summed E-state index contributed by atoms with van der Waals surface area (Å²) in [5, 5.41) is 6.79. The van der Waals surface area contributed by atoms with Crippen molar-refractivity contribution in [2.45, 2.75) is 64.8 Å². The number of nitrogens with one attached hydrogen (secondary N) is 2. The number of guanidine groups is 1. The Hall–Kier alpha value is -1.84. The molecule has 0 saturated heterocycles. The van der Waals surface area contributed by atoms with Crippen molar-refractivity contribution in [1.29, 1.82) is 0 Å². The van der Waals surface area contributed by atoms with Crippen molar-refractivity contribution in [3.05, 3.63) is 29.8 Å². The van der Waals surface area contributed by atoms with Crippen LogP contribution in [0.4, 0.5) is 5.69 Å². The fourth-order valence-corrected chi connectivity index (χ4v) is 4.40. The Morgan fingerprint density at radius 1 is 1.16 bits per heavy atom. The zero-order chi connectivity index (χ0) is 22.1. The van der Waals surface area contributed by atoms with Gasteiger partial charge < -0.3 is 20.3 Å². The van der Waals surface area contributed by atoms with Crippen molar-refractivity contribution >= 4 is 47.5 Å². The lowest BCUT2D eigenvalue weighted by atomic mass is 9.86. The molecule has 7 nitrogen and oxygen atoms in total. The van der Waals surface area contributed by atoms with Crippen LogP contribution in [0.1, 0.15) is 57.9 Å². The molecule has 1 aromatic rings. The van der Waals surface area contributed by atoms with E-state index >= 15 is 0 Å². The van der Waals surface area contributed by atoms with Crippen LogP contribution in [-0.2, 0) is 20.7 Å². The summed E-state index contributed by atoms with van der Waals surface area (Å²) in [5.74, 6) is 0.933. The number of hydrogen-bond donors (Lipinski definition) is 2. The first-order valence-corrected chi connectivity index (χ1v) is 11.7. The van der Waals surface area contributed by atoms with Crippen molar-refractivity contribution in [2.75, 3.05) is 31.1 Å². The molecule has 178 valence electrons. The van der Waals surface area contributed by atoms with Crippen molar-refractivity contribution in [1.82, 2.24) is 10.6 Å². The fraction of sp³-hybridized carbons (Fsp3) is 0.625. The van der Waals surface area contributed by atoms with E-state index in [0.29, 0.717) is 25.6 Å². The van der Waals surface area contributed by atoms with Crippen molar-refractivity contribution in [3.8, 4) is 0 Å². The summed E-state index contributed by atoms with van der Waals surface area (Å²) >= 11 is 0. The molecule has 3 rings (SSSR count). The molecule has 1 heterocycles. The summed E-state index contributed by atoms with van der Waals surface area (Å²) in [6.07, 6.45) is 5.73. The molecule has 8 heteroatoms. The molecule has 0 unspecified atom stereocenters. The highest BCUT2D eigenvalue weighted by Gasteiger charge is 2.27. The van der Waals surface area contributed by atoms with Crippen LogP contribution >= 0.6 is 24.0 Å². The number of carbonyl (C=O) groups is 2. The van der Waals surface area contributed by atoms with Gasteiger partial charge in [-0.2, -0.15) is 0 Å². The van der Waals surface area contributed by atoms with E-state index in [1.54, 1.807) is 0 Å². The van der Waals surface area contributed by atoms with Crippen LogP contribution in [0.3, 0.4) is 0 Å². The van der Waals surface area contributed by atoms with Gasteiger partial charge in [0.15, 0.2) is 5.96 Å². The lowest BCUT2D eigenvalue weighted by molar-refractivity contribution is -0.149. The third-order valence-corrected chi connectivity index (χ3v) is 6.04. The molecule has 2 aliphatic rings. The normalized spacial score (nSPS) is 20.2. The maximum absolute atomic E-state index is 12.6. The first kappa shape index (κ1) is 26.4. The number of hydrogen-bond acceptors (Lipinski definition) is 4. The lowest BCUT2D eigenvalue weighted by Gasteiger charge is -2.29. The van der Waals surface area contributed by atoms with Crippen LogP contribution in [0.5, 0.6) is 0 Å². The minimum atomic E-state index is -0.0631. The van der Waals surface area contributed by atoms with Crippen LogP contribution in [0.15, 0.2) is 29.3 Å².